The first kappa shape index (κ1) is 14.0. The molecule has 1 atom stereocenters. The maximum Gasteiger partial charge on any atom is 0.147 e. The van der Waals surface area contributed by atoms with Gasteiger partial charge in [-0.1, -0.05) is 0 Å². The van der Waals surface area contributed by atoms with Crippen molar-refractivity contribution >= 4 is 16.9 Å². The van der Waals surface area contributed by atoms with Gasteiger partial charge in [0.15, 0.2) is 0 Å². The molecule has 0 saturated carbocycles. The first-order chi connectivity index (χ1) is 11.3. The van der Waals surface area contributed by atoms with Gasteiger partial charge in [-0.15, -0.1) is 0 Å². The fourth-order valence-electron chi connectivity index (χ4n) is 2.94. The zero-order chi connectivity index (χ0) is 15.6. The molecule has 0 bridgehead atoms. The Morgan fingerprint density at radius 3 is 2.83 bits per heavy atom. The second kappa shape index (κ2) is 5.89. The van der Waals surface area contributed by atoms with Crippen molar-refractivity contribution < 1.29 is 0 Å². The number of nitrogens with zero attached hydrogens (tertiary/aromatic N) is 5. The summed E-state index contributed by atoms with van der Waals surface area (Å²) in [5.41, 5.74) is 9.49. The number of fused-ring (bicyclic) bond motifs is 1. The van der Waals surface area contributed by atoms with Gasteiger partial charge in [0, 0.05) is 37.1 Å². The van der Waals surface area contributed by atoms with Crippen LogP contribution in [0.3, 0.4) is 0 Å². The minimum Gasteiger partial charge on any atom is -0.354 e. The second-order valence-corrected chi connectivity index (χ2v) is 5.87. The molecule has 0 spiro atoms. The predicted octanol–water partition coefficient (Wildman–Crippen LogP) is 2.01. The number of aromatic nitrogens is 4. The highest BCUT2D eigenvalue weighted by molar-refractivity contribution is 5.78. The van der Waals surface area contributed by atoms with E-state index in [0.29, 0.717) is 0 Å². The average molecular weight is 306 g/mol. The second-order valence-electron chi connectivity index (χ2n) is 5.87. The van der Waals surface area contributed by atoms with Crippen LogP contribution >= 0.6 is 0 Å². The maximum atomic E-state index is 6.03. The lowest BCUT2D eigenvalue weighted by Crippen LogP contribution is -2.43. The van der Waals surface area contributed by atoms with Gasteiger partial charge < -0.3 is 10.6 Å². The van der Waals surface area contributed by atoms with Crippen LogP contribution in [0, 0.1) is 0 Å². The van der Waals surface area contributed by atoms with Crippen LogP contribution in [-0.4, -0.2) is 39.1 Å². The quantitative estimate of drug-likeness (QED) is 0.780. The molecule has 1 aliphatic rings. The van der Waals surface area contributed by atoms with Gasteiger partial charge in [-0.3, -0.25) is 15.0 Å². The molecule has 116 valence electrons. The van der Waals surface area contributed by atoms with Gasteiger partial charge >= 0.3 is 0 Å². The molecule has 6 nitrogen and oxygen atoms in total. The standard InChI is InChI=1S/C17H18N6/c18-13-3-2-6-23(11-13)17-10-21-16(9-22-17)12-7-15-14(20-8-12)4-1-5-19-15/h1,4-5,7-10,13H,2-3,6,11,18H2. The third-order valence-corrected chi connectivity index (χ3v) is 4.17. The summed E-state index contributed by atoms with van der Waals surface area (Å²) in [6, 6.07) is 6.04. The summed E-state index contributed by atoms with van der Waals surface area (Å²) < 4.78 is 0. The van der Waals surface area contributed by atoms with E-state index in [2.05, 4.69) is 24.8 Å². The van der Waals surface area contributed by atoms with Crippen LogP contribution in [0.4, 0.5) is 5.82 Å². The average Bonchev–Trinajstić information content (AvgIpc) is 2.61. The van der Waals surface area contributed by atoms with Gasteiger partial charge in [0.2, 0.25) is 0 Å². The van der Waals surface area contributed by atoms with Crippen LogP contribution in [0.1, 0.15) is 12.8 Å². The van der Waals surface area contributed by atoms with Crippen molar-refractivity contribution in [2.45, 2.75) is 18.9 Å². The molecule has 0 aliphatic carbocycles. The van der Waals surface area contributed by atoms with Gasteiger partial charge in [0.1, 0.15) is 5.82 Å². The zero-order valence-corrected chi connectivity index (χ0v) is 12.8. The molecule has 1 aliphatic heterocycles. The van der Waals surface area contributed by atoms with E-state index in [0.717, 1.165) is 54.0 Å². The lowest BCUT2D eigenvalue weighted by molar-refractivity contribution is 0.503. The van der Waals surface area contributed by atoms with Crippen LogP contribution in [0.15, 0.2) is 43.0 Å². The maximum absolute atomic E-state index is 6.03. The SMILES string of the molecule is NC1CCCN(c2cnc(-c3cnc4cccnc4c3)cn2)C1. The van der Waals surface area contributed by atoms with Crippen molar-refractivity contribution in [1.29, 1.82) is 0 Å². The van der Waals surface area contributed by atoms with Crippen LogP contribution in [0.25, 0.3) is 22.3 Å². The van der Waals surface area contributed by atoms with Crippen LogP contribution in [0.2, 0.25) is 0 Å². The summed E-state index contributed by atoms with van der Waals surface area (Å²) in [6.45, 7) is 1.83. The Labute approximate surface area is 134 Å². The number of nitrogens with two attached hydrogens (primary N) is 1. The summed E-state index contributed by atoms with van der Waals surface area (Å²) in [5.74, 6) is 0.885. The molecule has 0 amide bonds. The highest BCUT2D eigenvalue weighted by atomic mass is 15.2. The van der Waals surface area contributed by atoms with E-state index in [1.165, 1.54) is 0 Å². The molecule has 0 aromatic carbocycles. The van der Waals surface area contributed by atoms with E-state index >= 15 is 0 Å². The van der Waals surface area contributed by atoms with Gasteiger partial charge in [-0.25, -0.2) is 4.98 Å². The molecule has 1 unspecified atom stereocenters. The van der Waals surface area contributed by atoms with Crippen LogP contribution in [0.5, 0.6) is 0 Å². The summed E-state index contributed by atoms with van der Waals surface area (Å²) >= 11 is 0. The lowest BCUT2D eigenvalue weighted by atomic mass is 10.1. The highest BCUT2D eigenvalue weighted by Gasteiger charge is 2.18. The summed E-state index contributed by atoms with van der Waals surface area (Å²) in [7, 11) is 0. The van der Waals surface area contributed by atoms with Gasteiger partial charge in [0.05, 0.1) is 29.1 Å². The molecule has 23 heavy (non-hydrogen) atoms. The molecule has 6 heteroatoms. The lowest BCUT2D eigenvalue weighted by Gasteiger charge is -2.31. The Hall–Kier alpha value is -2.60. The Bertz CT molecular complexity index is 817. The molecule has 3 aromatic heterocycles. The van der Waals surface area contributed by atoms with E-state index in [-0.39, 0.29) is 6.04 Å². The minimum absolute atomic E-state index is 0.223. The minimum atomic E-state index is 0.223. The third-order valence-electron chi connectivity index (χ3n) is 4.17. The van der Waals surface area contributed by atoms with Crippen molar-refractivity contribution in [3.8, 4) is 11.3 Å². The van der Waals surface area contributed by atoms with Crippen LogP contribution in [-0.2, 0) is 0 Å². The molecule has 2 N–H and O–H groups in total. The fraction of sp³-hybridized carbons (Fsp3) is 0.294. The van der Waals surface area contributed by atoms with Crippen molar-refractivity contribution in [1.82, 2.24) is 19.9 Å². The van der Waals surface area contributed by atoms with E-state index in [4.69, 9.17) is 5.73 Å². The van der Waals surface area contributed by atoms with E-state index in [1.807, 2.05) is 30.6 Å². The Kier molecular flexibility index (Phi) is 3.59. The topological polar surface area (TPSA) is 80.8 Å². The number of hydrogen-bond acceptors (Lipinski definition) is 6. The van der Waals surface area contributed by atoms with Gasteiger partial charge in [-0.2, -0.15) is 0 Å². The summed E-state index contributed by atoms with van der Waals surface area (Å²) in [6.07, 6.45) is 9.37. The first-order valence-electron chi connectivity index (χ1n) is 7.83. The molecule has 3 aromatic rings. The highest BCUT2D eigenvalue weighted by Crippen LogP contribution is 2.21. The van der Waals surface area contributed by atoms with E-state index in [1.54, 1.807) is 12.4 Å². The molecule has 1 saturated heterocycles. The number of rotatable bonds is 2. The number of pyridine rings is 2. The summed E-state index contributed by atoms with van der Waals surface area (Å²) in [4.78, 5) is 20.1. The molecular weight excluding hydrogens is 288 g/mol. The number of hydrogen-bond donors (Lipinski definition) is 1. The van der Waals surface area contributed by atoms with E-state index < -0.39 is 0 Å². The monoisotopic (exact) mass is 306 g/mol. The van der Waals surface area contributed by atoms with Crippen molar-refractivity contribution in [3.05, 3.63) is 43.0 Å². The Morgan fingerprint density at radius 1 is 1.04 bits per heavy atom. The smallest absolute Gasteiger partial charge is 0.147 e. The first-order valence-corrected chi connectivity index (χ1v) is 7.83. The molecule has 1 fully saturated rings. The van der Waals surface area contributed by atoms with Crippen molar-refractivity contribution in [3.63, 3.8) is 0 Å². The number of anilines is 1. The van der Waals surface area contributed by atoms with Crippen molar-refractivity contribution in [2.24, 2.45) is 5.73 Å². The predicted molar refractivity (Wildman–Crippen MR) is 90.0 cm³/mol. The van der Waals surface area contributed by atoms with Gasteiger partial charge in [0.25, 0.3) is 0 Å². The molecule has 0 radical (unpaired) electrons. The zero-order valence-electron chi connectivity index (χ0n) is 12.8. The Balaban J connectivity index is 1.61. The molecule has 4 heterocycles. The number of piperidine rings is 1. The van der Waals surface area contributed by atoms with Gasteiger partial charge in [-0.05, 0) is 31.0 Å². The molecule has 4 rings (SSSR count). The van der Waals surface area contributed by atoms with E-state index in [9.17, 15) is 0 Å². The third kappa shape index (κ3) is 2.85. The largest absolute Gasteiger partial charge is 0.354 e. The van der Waals surface area contributed by atoms with Crippen molar-refractivity contribution in [2.75, 3.05) is 18.0 Å². The fourth-order valence-corrected chi connectivity index (χ4v) is 2.94. The molecular formula is C17H18N6. The normalized spacial score (nSPS) is 18.3. The summed E-state index contributed by atoms with van der Waals surface area (Å²) in [5, 5.41) is 0. The van der Waals surface area contributed by atoms with Crippen LogP contribution < -0.4 is 10.6 Å². The Morgan fingerprint density at radius 2 is 2.00 bits per heavy atom.